The van der Waals surface area contributed by atoms with Crippen LogP contribution in [0, 0.1) is 11.3 Å². The summed E-state index contributed by atoms with van der Waals surface area (Å²) < 4.78 is 0.705. The standard InChI is InChI=1S/C18H15N5OS2/c1-12(16(24)20-15-9-5-6-13(10-15)11-19)25-18-23-22-17(26-18)21-14-7-3-2-4-8-14/h2-10,12H,1H3,(H,20,24)(H,21,22)/t12-/m1/s1. The predicted octanol–water partition coefficient (Wildman–Crippen LogP) is 4.27. The minimum absolute atomic E-state index is 0.155. The van der Waals surface area contributed by atoms with Gasteiger partial charge in [-0.3, -0.25) is 4.79 Å². The number of rotatable bonds is 6. The predicted molar refractivity (Wildman–Crippen MR) is 105 cm³/mol. The number of hydrogen-bond donors (Lipinski definition) is 2. The number of thioether (sulfide) groups is 1. The summed E-state index contributed by atoms with van der Waals surface area (Å²) in [6.45, 7) is 1.81. The molecule has 130 valence electrons. The van der Waals surface area contributed by atoms with Crippen molar-refractivity contribution in [2.75, 3.05) is 10.6 Å². The van der Waals surface area contributed by atoms with Gasteiger partial charge in [0.25, 0.3) is 0 Å². The van der Waals surface area contributed by atoms with E-state index in [0.29, 0.717) is 20.7 Å². The third-order valence-electron chi connectivity index (χ3n) is 3.34. The van der Waals surface area contributed by atoms with Crippen molar-refractivity contribution in [2.45, 2.75) is 16.5 Å². The zero-order valence-corrected chi connectivity index (χ0v) is 15.5. The van der Waals surface area contributed by atoms with Crippen LogP contribution in [0.1, 0.15) is 12.5 Å². The second-order valence-electron chi connectivity index (χ2n) is 5.31. The lowest BCUT2D eigenvalue weighted by atomic mass is 10.2. The van der Waals surface area contributed by atoms with E-state index < -0.39 is 0 Å². The highest BCUT2D eigenvalue weighted by Gasteiger charge is 2.17. The number of benzene rings is 2. The Morgan fingerprint density at radius 3 is 2.69 bits per heavy atom. The van der Waals surface area contributed by atoms with Crippen LogP contribution < -0.4 is 10.6 Å². The summed E-state index contributed by atoms with van der Waals surface area (Å²) in [5.74, 6) is -0.155. The fraction of sp³-hybridized carbons (Fsp3) is 0.111. The molecule has 0 radical (unpaired) electrons. The maximum Gasteiger partial charge on any atom is 0.237 e. The molecule has 1 heterocycles. The molecule has 26 heavy (non-hydrogen) atoms. The first-order valence-electron chi connectivity index (χ1n) is 7.77. The molecule has 1 aromatic heterocycles. The molecule has 0 aliphatic heterocycles. The maximum atomic E-state index is 12.3. The summed E-state index contributed by atoms with van der Waals surface area (Å²) in [5.41, 5.74) is 2.04. The topological polar surface area (TPSA) is 90.7 Å². The van der Waals surface area contributed by atoms with Crippen LogP contribution in [0.3, 0.4) is 0 Å². The van der Waals surface area contributed by atoms with Crippen LogP contribution in [0.2, 0.25) is 0 Å². The molecule has 8 heteroatoms. The van der Waals surface area contributed by atoms with Crippen molar-refractivity contribution in [3.05, 3.63) is 60.2 Å². The number of nitrogens with one attached hydrogen (secondary N) is 2. The fourth-order valence-electron chi connectivity index (χ4n) is 2.07. The molecule has 0 fully saturated rings. The van der Waals surface area contributed by atoms with Gasteiger partial charge >= 0.3 is 0 Å². The molecule has 0 saturated heterocycles. The summed E-state index contributed by atoms with van der Waals surface area (Å²) in [5, 5.41) is 23.5. The smallest absolute Gasteiger partial charge is 0.237 e. The van der Waals surface area contributed by atoms with Crippen LogP contribution in [0.15, 0.2) is 58.9 Å². The molecule has 6 nitrogen and oxygen atoms in total. The number of para-hydroxylation sites is 1. The Bertz CT molecular complexity index is 936. The quantitative estimate of drug-likeness (QED) is 0.620. The highest BCUT2D eigenvalue weighted by molar-refractivity contribution is 8.02. The Balaban J connectivity index is 1.58. The lowest BCUT2D eigenvalue weighted by molar-refractivity contribution is -0.115. The SMILES string of the molecule is C[C@@H](Sc1nnc(Nc2ccccc2)s1)C(=O)Nc1cccc(C#N)c1. The van der Waals surface area contributed by atoms with Crippen molar-refractivity contribution in [1.82, 2.24) is 10.2 Å². The van der Waals surface area contributed by atoms with Crippen molar-refractivity contribution in [3.8, 4) is 6.07 Å². The lowest BCUT2D eigenvalue weighted by Crippen LogP contribution is -2.22. The molecule has 3 aromatic rings. The van der Waals surface area contributed by atoms with E-state index in [1.165, 1.54) is 23.1 Å². The zero-order valence-electron chi connectivity index (χ0n) is 13.8. The van der Waals surface area contributed by atoms with E-state index in [1.54, 1.807) is 31.2 Å². The van der Waals surface area contributed by atoms with Gasteiger partial charge in [0.15, 0.2) is 4.34 Å². The number of nitrogens with zero attached hydrogens (tertiary/aromatic N) is 3. The van der Waals surface area contributed by atoms with E-state index in [4.69, 9.17) is 5.26 Å². The number of aromatic nitrogens is 2. The van der Waals surface area contributed by atoms with Crippen molar-refractivity contribution < 1.29 is 4.79 Å². The Kier molecular flexibility index (Phi) is 5.84. The van der Waals surface area contributed by atoms with Gasteiger partial charge in [-0.1, -0.05) is 47.4 Å². The zero-order chi connectivity index (χ0) is 18.4. The first-order valence-corrected chi connectivity index (χ1v) is 9.47. The lowest BCUT2D eigenvalue weighted by Gasteiger charge is -2.10. The molecule has 1 atom stereocenters. The molecule has 1 amide bonds. The van der Waals surface area contributed by atoms with Crippen molar-refractivity contribution in [2.24, 2.45) is 0 Å². The number of hydrogen-bond acceptors (Lipinski definition) is 7. The molecule has 0 aliphatic carbocycles. The fourth-order valence-corrected chi connectivity index (χ4v) is 3.98. The van der Waals surface area contributed by atoms with Crippen LogP contribution in [0.5, 0.6) is 0 Å². The first-order chi connectivity index (χ1) is 12.6. The van der Waals surface area contributed by atoms with Gasteiger partial charge in [0.05, 0.1) is 16.9 Å². The third-order valence-corrected chi connectivity index (χ3v) is 5.36. The molecule has 0 aliphatic rings. The number of nitriles is 1. The minimum Gasteiger partial charge on any atom is -0.330 e. The van der Waals surface area contributed by atoms with Gasteiger partial charge in [-0.2, -0.15) is 5.26 Å². The Hall–Kier alpha value is -2.89. The highest BCUT2D eigenvalue weighted by Crippen LogP contribution is 2.30. The third kappa shape index (κ3) is 4.81. The van der Waals surface area contributed by atoms with Crippen LogP contribution in [-0.2, 0) is 4.79 Å². The van der Waals surface area contributed by atoms with Gasteiger partial charge in [0.1, 0.15) is 0 Å². The van der Waals surface area contributed by atoms with E-state index in [1.807, 2.05) is 30.3 Å². The normalized spacial score (nSPS) is 11.4. The van der Waals surface area contributed by atoms with Gasteiger partial charge < -0.3 is 10.6 Å². The second kappa shape index (κ2) is 8.47. The summed E-state index contributed by atoms with van der Waals surface area (Å²) >= 11 is 2.73. The second-order valence-corrected chi connectivity index (χ2v) is 7.87. The van der Waals surface area contributed by atoms with E-state index in [0.717, 1.165) is 5.69 Å². The average Bonchev–Trinajstić information content (AvgIpc) is 3.09. The van der Waals surface area contributed by atoms with Gasteiger partial charge in [0.2, 0.25) is 11.0 Å². The molecule has 3 rings (SSSR count). The summed E-state index contributed by atoms with van der Waals surface area (Å²) in [4.78, 5) is 12.3. The Labute approximate surface area is 159 Å². The number of amides is 1. The van der Waals surface area contributed by atoms with Gasteiger partial charge in [-0.05, 0) is 37.3 Å². The maximum absolute atomic E-state index is 12.3. The van der Waals surface area contributed by atoms with Crippen LogP contribution >= 0.6 is 23.1 Å². The van der Waals surface area contributed by atoms with Crippen molar-refractivity contribution in [1.29, 1.82) is 5.26 Å². The highest BCUT2D eigenvalue weighted by atomic mass is 32.2. The van der Waals surface area contributed by atoms with Gasteiger partial charge in [-0.25, -0.2) is 0 Å². The van der Waals surface area contributed by atoms with Crippen molar-refractivity contribution >= 4 is 45.5 Å². The molecule has 2 aromatic carbocycles. The summed E-state index contributed by atoms with van der Waals surface area (Å²) in [6, 6.07) is 18.6. The monoisotopic (exact) mass is 381 g/mol. The molecule has 0 unspecified atom stereocenters. The average molecular weight is 381 g/mol. The number of anilines is 3. The van der Waals surface area contributed by atoms with Gasteiger partial charge in [-0.15, -0.1) is 10.2 Å². The van der Waals surface area contributed by atoms with Crippen LogP contribution in [0.25, 0.3) is 0 Å². The Morgan fingerprint density at radius 2 is 1.92 bits per heavy atom. The summed E-state index contributed by atoms with van der Waals surface area (Å²) in [7, 11) is 0. The van der Waals surface area contributed by atoms with E-state index >= 15 is 0 Å². The minimum atomic E-state index is -0.349. The molecule has 0 bridgehead atoms. The van der Waals surface area contributed by atoms with Crippen LogP contribution in [0.4, 0.5) is 16.5 Å². The summed E-state index contributed by atoms with van der Waals surface area (Å²) in [6.07, 6.45) is 0. The van der Waals surface area contributed by atoms with Crippen LogP contribution in [-0.4, -0.2) is 21.4 Å². The first kappa shape index (κ1) is 17.9. The van der Waals surface area contributed by atoms with E-state index in [9.17, 15) is 4.79 Å². The molecular formula is C18H15N5OS2. The number of carbonyl (C=O) groups excluding carboxylic acids is 1. The molecule has 0 spiro atoms. The van der Waals surface area contributed by atoms with E-state index in [2.05, 4.69) is 26.9 Å². The Morgan fingerprint density at radius 1 is 1.15 bits per heavy atom. The van der Waals surface area contributed by atoms with E-state index in [-0.39, 0.29) is 11.2 Å². The molecule has 0 saturated carbocycles. The van der Waals surface area contributed by atoms with Crippen molar-refractivity contribution in [3.63, 3.8) is 0 Å². The number of carbonyl (C=O) groups is 1. The molecular weight excluding hydrogens is 366 g/mol. The largest absolute Gasteiger partial charge is 0.330 e. The molecule has 2 N–H and O–H groups in total. The van der Waals surface area contributed by atoms with Gasteiger partial charge in [0, 0.05) is 11.4 Å².